The summed E-state index contributed by atoms with van der Waals surface area (Å²) in [6.45, 7) is 0. The summed E-state index contributed by atoms with van der Waals surface area (Å²) < 4.78 is 74.9. The summed E-state index contributed by atoms with van der Waals surface area (Å²) in [5.41, 5.74) is 0. The molecule has 0 saturated heterocycles. The molecule has 0 unspecified atom stereocenters. The first-order valence-electron chi connectivity index (χ1n) is 7.68. The number of hydrogen-bond acceptors (Lipinski definition) is 3. The first kappa shape index (κ1) is 22.3. The van der Waals surface area contributed by atoms with Gasteiger partial charge in [-0.25, -0.2) is 4.39 Å². The van der Waals surface area contributed by atoms with Gasteiger partial charge in [0.05, 0.1) is 4.90 Å². The van der Waals surface area contributed by atoms with Crippen molar-refractivity contribution in [1.29, 1.82) is 0 Å². The molecule has 0 aliphatic heterocycles. The molecule has 3 rings (SSSR count). The van der Waals surface area contributed by atoms with Crippen LogP contribution in [0, 0.1) is 13.0 Å². The molecule has 3 aromatic rings. The fraction of sp³-hybridized carbons (Fsp3) is 0.0526. The van der Waals surface area contributed by atoms with Gasteiger partial charge in [-0.2, -0.15) is 12.6 Å². The minimum absolute atomic E-state index is 0.151. The van der Waals surface area contributed by atoms with Gasteiger partial charge in [0.25, 0.3) is 0 Å². The SMILES string of the molecule is Fc1ccc([I+]c2ccccc2)cc1.O=S(=O)(OC(F)(F)F)c1ccccc1. The predicted octanol–water partition coefficient (Wildman–Crippen LogP) is 1.87. The van der Waals surface area contributed by atoms with E-state index in [1.54, 1.807) is 0 Å². The zero-order valence-corrected chi connectivity index (χ0v) is 17.1. The van der Waals surface area contributed by atoms with Crippen molar-refractivity contribution in [3.63, 3.8) is 0 Å². The van der Waals surface area contributed by atoms with E-state index in [2.05, 4.69) is 16.3 Å². The average molecular weight is 525 g/mol. The standard InChI is InChI=1S/C12H9FI.C7H5F3O3S/c13-10-6-8-12(9-7-10)14-11-4-2-1-3-5-11;8-7(9,10)13-14(11,12)6-4-2-1-3-5-6/h1-9H;1-5H/q+1;. The Kier molecular flexibility index (Phi) is 7.96. The van der Waals surface area contributed by atoms with Crippen LogP contribution in [0.25, 0.3) is 0 Å². The summed E-state index contributed by atoms with van der Waals surface area (Å²) in [7, 11) is -4.74. The molecule has 148 valence electrons. The molecule has 9 heteroatoms. The maximum atomic E-state index is 12.6. The van der Waals surface area contributed by atoms with Gasteiger partial charge in [-0.15, -0.1) is 13.2 Å². The number of hydrogen-bond donors (Lipinski definition) is 0. The minimum Gasteiger partial charge on any atom is -0.207 e. The third-order valence-corrected chi connectivity index (χ3v) is 6.93. The molecule has 3 aromatic carbocycles. The Balaban J connectivity index is 0.000000200. The Morgan fingerprint density at radius 2 is 1.18 bits per heavy atom. The van der Waals surface area contributed by atoms with E-state index in [0.29, 0.717) is 0 Å². The molecule has 3 nitrogen and oxygen atoms in total. The number of benzene rings is 3. The topological polar surface area (TPSA) is 43.4 Å². The van der Waals surface area contributed by atoms with Crippen molar-refractivity contribution in [3.8, 4) is 0 Å². The van der Waals surface area contributed by atoms with Gasteiger partial charge in [0, 0.05) is 0 Å². The van der Waals surface area contributed by atoms with E-state index < -0.39 is 21.4 Å². The van der Waals surface area contributed by atoms with E-state index in [1.165, 1.54) is 37.5 Å². The van der Waals surface area contributed by atoms with E-state index in [-0.39, 0.29) is 27.0 Å². The van der Waals surface area contributed by atoms with Crippen LogP contribution in [0.3, 0.4) is 0 Å². The molecule has 0 N–H and O–H groups in total. The Hall–Kier alpha value is -1.98. The highest BCUT2D eigenvalue weighted by Gasteiger charge is 2.37. The first-order valence-corrected chi connectivity index (χ1v) is 11.3. The van der Waals surface area contributed by atoms with Crippen molar-refractivity contribution in [2.24, 2.45) is 0 Å². The quantitative estimate of drug-likeness (QED) is 0.297. The van der Waals surface area contributed by atoms with Gasteiger partial charge in [-0.3, -0.25) is 0 Å². The van der Waals surface area contributed by atoms with E-state index in [1.807, 2.05) is 30.3 Å². The second-order valence-corrected chi connectivity index (χ2v) is 9.70. The van der Waals surface area contributed by atoms with Crippen molar-refractivity contribution in [1.82, 2.24) is 0 Å². The van der Waals surface area contributed by atoms with Crippen LogP contribution in [-0.2, 0) is 14.3 Å². The van der Waals surface area contributed by atoms with E-state index in [9.17, 15) is 26.0 Å². The normalized spacial score (nSPS) is 11.4. The molecule has 0 heterocycles. The largest absolute Gasteiger partial charge is 0.537 e. The van der Waals surface area contributed by atoms with Gasteiger partial charge in [-0.05, 0) is 48.5 Å². The zero-order valence-electron chi connectivity index (χ0n) is 14.1. The van der Waals surface area contributed by atoms with Gasteiger partial charge >= 0.3 is 37.7 Å². The summed E-state index contributed by atoms with van der Waals surface area (Å²) in [6, 6.07) is 23.2. The van der Waals surface area contributed by atoms with Crippen molar-refractivity contribution in [2.45, 2.75) is 11.3 Å². The van der Waals surface area contributed by atoms with Crippen LogP contribution in [0.4, 0.5) is 17.6 Å². The van der Waals surface area contributed by atoms with Crippen LogP contribution in [0.2, 0.25) is 0 Å². The molecule has 0 bridgehead atoms. The Morgan fingerprint density at radius 1 is 0.714 bits per heavy atom. The van der Waals surface area contributed by atoms with Crippen molar-refractivity contribution < 1.29 is 51.4 Å². The fourth-order valence-electron chi connectivity index (χ4n) is 1.86. The lowest BCUT2D eigenvalue weighted by Gasteiger charge is -2.07. The second kappa shape index (κ2) is 9.99. The fourth-order valence-corrected chi connectivity index (χ4v) is 4.90. The van der Waals surface area contributed by atoms with E-state index >= 15 is 0 Å². The van der Waals surface area contributed by atoms with Crippen LogP contribution < -0.4 is 21.2 Å². The molecule has 0 atom stereocenters. The predicted molar refractivity (Wildman–Crippen MR) is 91.0 cm³/mol. The molecule has 0 aliphatic rings. The van der Waals surface area contributed by atoms with Gasteiger partial charge < -0.3 is 0 Å². The van der Waals surface area contributed by atoms with E-state index in [0.717, 1.165) is 12.1 Å². The average Bonchev–Trinajstić information content (AvgIpc) is 2.64. The molecular formula is C19H14F4IO3S+. The third-order valence-electron chi connectivity index (χ3n) is 2.99. The molecule has 0 spiro atoms. The monoisotopic (exact) mass is 525 g/mol. The third kappa shape index (κ3) is 7.95. The van der Waals surface area contributed by atoms with Crippen molar-refractivity contribution in [3.05, 3.63) is 97.9 Å². The van der Waals surface area contributed by atoms with E-state index in [4.69, 9.17) is 0 Å². The summed E-state index contributed by atoms with van der Waals surface area (Å²) in [5, 5.41) is 0. The number of alkyl halides is 3. The van der Waals surface area contributed by atoms with Crippen LogP contribution >= 0.6 is 0 Å². The molecule has 0 radical (unpaired) electrons. The van der Waals surface area contributed by atoms with Gasteiger partial charge in [0.2, 0.25) is 0 Å². The van der Waals surface area contributed by atoms with Crippen LogP contribution in [-0.4, -0.2) is 14.8 Å². The summed E-state index contributed by atoms with van der Waals surface area (Å²) in [6.07, 6.45) is -5.20. The summed E-state index contributed by atoms with van der Waals surface area (Å²) in [4.78, 5) is -0.530. The summed E-state index contributed by atoms with van der Waals surface area (Å²) in [5.74, 6) is -0.161. The highest BCUT2D eigenvalue weighted by molar-refractivity contribution is 7.86. The number of halogens is 5. The Morgan fingerprint density at radius 3 is 1.68 bits per heavy atom. The maximum absolute atomic E-state index is 12.6. The van der Waals surface area contributed by atoms with Crippen molar-refractivity contribution >= 4 is 10.1 Å². The molecule has 0 aromatic heterocycles. The molecule has 0 amide bonds. The second-order valence-electron chi connectivity index (χ2n) is 5.12. The smallest absolute Gasteiger partial charge is 0.207 e. The number of rotatable bonds is 4. The lowest BCUT2D eigenvalue weighted by Crippen LogP contribution is -3.61. The highest BCUT2D eigenvalue weighted by atomic mass is 127. The zero-order chi connectivity index (χ0) is 20.6. The lowest BCUT2D eigenvalue weighted by atomic mass is 10.4. The highest BCUT2D eigenvalue weighted by Crippen LogP contribution is 2.23. The summed E-state index contributed by atoms with van der Waals surface area (Å²) >= 11 is -0.151. The van der Waals surface area contributed by atoms with Crippen LogP contribution in [0.5, 0.6) is 0 Å². The van der Waals surface area contributed by atoms with Gasteiger partial charge in [0.15, 0.2) is 7.14 Å². The Bertz CT molecular complexity index is 962. The van der Waals surface area contributed by atoms with Gasteiger partial charge in [-0.1, -0.05) is 36.4 Å². The Labute approximate surface area is 170 Å². The molecule has 0 fully saturated rings. The van der Waals surface area contributed by atoms with Crippen LogP contribution in [0.15, 0.2) is 89.8 Å². The lowest BCUT2D eigenvalue weighted by molar-refractivity contribution is -0.597. The molecule has 0 saturated carbocycles. The molecular weight excluding hydrogens is 511 g/mol. The molecule has 28 heavy (non-hydrogen) atoms. The minimum atomic E-state index is -5.20. The van der Waals surface area contributed by atoms with Gasteiger partial charge in [0.1, 0.15) is 5.82 Å². The molecule has 0 aliphatic carbocycles. The van der Waals surface area contributed by atoms with Crippen LogP contribution in [0.1, 0.15) is 0 Å². The maximum Gasteiger partial charge on any atom is 0.537 e. The first-order chi connectivity index (χ1) is 13.2. The van der Waals surface area contributed by atoms with Crippen molar-refractivity contribution in [2.75, 3.05) is 0 Å².